The molecule has 0 aromatic carbocycles. The Hall–Kier alpha value is -1.62. The van der Waals surface area contributed by atoms with E-state index in [9.17, 15) is 9.59 Å². The van der Waals surface area contributed by atoms with Crippen LogP contribution in [0.15, 0.2) is 18.5 Å². The molecule has 5 nitrogen and oxygen atoms in total. The first-order valence-electron chi connectivity index (χ1n) is 7.18. The molecule has 1 aromatic rings. The van der Waals surface area contributed by atoms with E-state index in [-0.39, 0.29) is 23.8 Å². The molecule has 1 aliphatic rings. The number of amides is 1. The number of nitrogens with one attached hydrogen (secondary N) is 1. The molecule has 1 fully saturated rings. The molecule has 1 heterocycles. The third-order valence-electron chi connectivity index (χ3n) is 3.70. The molecule has 0 atom stereocenters. The molecule has 1 aliphatic carbocycles. The van der Waals surface area contributed by atoms with Gasteiger partial charge in [0.05, 0.1) is 23.1 Å². The highest BCUT2D eigenvalue weighted by Gasteiger charge is 2.28. The van der Waals surface area contributed by atoms with E-state index in [0.29, 0.717) is 17.2 Å². The standard InChI is InChI=1S/C15H19ClN2O3/c1-2-21-15(20)10-3-5-11(6-4-10)18-14(19)12-7-8-17-9-13(12)16/h7-11H,2-6H2,1H3,(H,18,19). The number of ether oxygens (including phenoxy) is 1. The first-order chi connectivity index (χ1) is 10.1. The molecule has 0 unspecified atom stereocenters. The monoisotopic (exact) mass is 310 g/mol. The number of carbonyl (C=O) groups excluding carboxylic acids is 2. The predicted molar refractivity (Wildman–Crippen MR) is 79.1 cm³/mol. The highest BCUT2D eigenvalue weighted by molar-refractivity contribution is 6.33. The minimum atomic E-state index is -0.193. The van der Waals surface area contributed by atoms with Crippen molar-refractivity contribution in [2.75, 3.05) is 6.61 Å². The lowest BCUT2D eigenvalue weighted by Gasteiger charge is -2.27. The van der Waals surface area contributed by atoms with Gasteiger partial charge in [-0.05, 0) is 38.7 Å². The van der Waals surface area contributed by atoms with Crippen LogP contribution < -0.4 is 5.32 Å². The van der Waals surface area contributed by atoms with Crippen molar-refractivity contribution < 1.29 is 14.3 Å². The number of hydrogen-bond acceptors (Lipinski definition) is 4. The van der Waals surface area contributed by atoms with E-state index < -0.39 is 0 Å². The third kappa shape index (κ3) is 4.17. The second-order valence-corrected chi connectivity index (χ2v) is 5.54. The van der Waals surface area contributed by atoms with Crippen LogP contribution in [0.2, 0.25) is 5.02 Å². The van der Waals surface area contributed by atoms with Gasteiger partial charge in [0, 0.05) is 18.4 Å². The Bertz CT molecular complexity index is 513. The molecule has 0 bridgehead atoms. The Labute approximate surface area is 129 Å². The maximum atomic E-state index is 12.1. The van der Waals surface area contributed by atoms with E-state index in [4.69, 9.17) is 16.3 Å². The highest BCUT2D eigenvalue weighted by Crippen LogP contribution is 2.26. The molecule has 0 aliphatic heterocycles. The Balaban J connectivity index is 1.85. The van der Waals surface area contributed by atoms with Crippen molar-refractivity contribution in [1.29, 1.82) is 0 Å². The quantitative estimate of drug-likeness (QED) is 0.868. The van der Waals surface area contributed by atoms with Gasteiger partial charge in [-0.15, -0.1) is 0 Å². The van der Waals surface area contributed by atoms with Crippen molar-refractivity contribution in [3.8, 4) is 0 Å². The van der Waals surface area contributed by atoms with Gasteiger partial charge in [0.25, 0.3) is 5.91 Å². The second kappa shape index (κ2) is 7.41. The minimum Gasteiger partial charge on any atom is -0.466 e. The molecule has 0 radical (unpaired) electrons. The van der Waals surface area contributed by atoms with Gasteiger partial charge in [0.15, 0.2) is 0 Å². The molecular weight excluding hydrogens is 292 g/mol. The number of nitrogens with zero attached hydrogens (tertiary/aromatic N) is 1. The zero-order valence-electron chi connectivity index (χ0n) is 12.0. The molecule has 1 saturated carbocycles. The van der Waals surface area contributed by atoms with Crippen molar-refractivity contribution in [2.45, 2.75) is 38.6 Å². The van der Waals surface area contributed by atoms with Gasteiger partial charge in [-0.3, -0.25) is 14.6 Å². The normalized spacial score (nSPS) is 21.6. The maximum absolute atomic E-state index is 12.1. The number of pyridine rings is 1. The zero-order chi connectivity index (χ0) is 15.2. The molecule has 1 aromatic heterocycles. The fourth-order valence-electron chi connectivity index (χ4n) is 2.56. The number of halogens is 1. The Kier molecular flexibility index (Phi) is 5.56. The molecule has 6 heteroatoms. The summed E-state index contributed by atoms with van der Waals surface area (Å²) in [6, 6.07) is 1.68. The van der Waals surface area contributed by atoms with Gasteiger partial charge in [-0.1, -0.05) is 11.6 Å². The Morgan fingerprint density at radius 3 is 2.71 bits per heavy atom. The summed E-state index contributed by atoms with van der Waals surface area (Å²) in [5.41, 5.74) is 0.430. The predicted octanol–water partition coefficient (Wildman–Crippen LogP) is 2.59. The average Bonchev–Trinajstić information content (AvgIpc) is 2.48. The van der Waals surface area contributed by atoms with Gasteiger partial charge in [-0.25, -0.2) is 0 Å². The van der Waals surface area contributed by atoms with Crippen LogP contribution in [0, 0.1) is 5.92 Å². The van der Waals surface area contributed by atoms with Crippen LogP contribution in [0.5, 0.6) is 0 Å². The van der Waals surface area contributed by atoms with E-state index >= 15 is 0 Å². The average molecular weight is 311 g/mol. The fraction of sp³-hybridized carbons (Fsp3) is 0.533. The SMILES string of the molecule is CCOC(=O)C1CCC(NC(=O)c2ccncc2Cl)CC1. The summed E-state index contributed by atoms with van der Waals surface area (Å²) in [6.07, 6.45) is 6.03. The highest BCUT2D eigenvalue weighted by atomic mass is 35.5. The lowest BCUT2D eigenvalue weighted by atomic mass is 9.86. The molecule has 21 heavy (non-hydrogen) atoms. The number of carbonyl (C=O) groups is 2. The lowest BCUT2D eigenvalue weighted by molar-refractivity contribution is -0.149. The van der Waals surface area contributed by atoms with Gasteiger partial charge < -0.3 is 10.1 Å². The Morgan fingerprint density at radius 2 is 2.10 bits per heavy atom. The Morgan fingerprint density at radius 1 is 1.38 bits per heavy atom. The second-order valence-electron chi connectivity index (χ2n) is 5.13. The third-order valence-corrected chi connectivity index (χ3v) is 4.00. The zero-order valence-corrected chi connectivity index (χ0v) is 12.7. The first kappa shape index (κ1) is 15.8. The number of hydrogen-bond donors (Lipinski definition) is 1. The van der Waals surface area contributed by atoms with Crippen LogP contribution in [0.4, 0.5) is 0 Å². The number of esters is 1. The summed E-state index contributed by atoms with van der Waals surface area (Å²) >= 11 is 5.95. The van der Waals surface area contributed by atoms with Gasteiger partial charge >= 0.3 is 5.97 Å². The minimum absolute atomic E-state index is 0.0392. The van der Waals surface area contributed by atoms with Gasteiger partial charge in [0.1, 0.15) is 0 Å². The van der Waals surface area contributed by atoms with Crippen LogP contribution >= 0.6 is 11.6 Å². The van der Waals surface area contributed by atoms with Crippen molar-refractivity contribution in [2.24, 2.45) is 5.92 Å². The van der Waals surface area contributed by atoms with Gasteiger partial charge in [0.2, 0.25) is 0 Å². The molecule has 114 valence electrons. The van der Waals surface area contributed by atoms with Crippen molar-refractivity contribution in [3.05, 3.63) is 29.0 Å². The van der Waals surface area contributed by atoms with E-state index in [1.54, 1.807) is 12.3 Å². The summed E-state index contributed by atoms with van der Waals surface area (Å²) in [7, 11) is 0. The smallest absolute Gasteiger partial charge is 0.308 e. The molecule has 0 saturated heterocycles. The van der Waals surface area contributed by atoms with E-state index in [1.807, 2.05) is 6.92 Å². The number of aromatic nitrogens is 1. The molecule has 1 N–H and O–H groups in total. The molecule has 0 spiro atoms. The largest absolute Gasteiger partial charge is 0.466 e. The van der Waals surface area contributed by atoms with Crippen molar-refractivity contribution in [1.82, 2.24) is 10.3 Å². The summed E-state index contributed by atoms with van der Waals surface area (Å²) in [4.78, 5) is 27.7. The number of rotatable bonds is 4. The molecular formula is C15H19ClN2O3. The van der Waals surface area contributed by atoms with Crippen LogP contribution in [0.1, 0.15) is 43.0 Å². The summed E-state index contributed by atoms with van der Waals surface area (Å²) in [5, 5.41) is 3.31. The first-order valence-corrected chi connectivity index (χ1v) is 7.56. The van der Waals surface area contributed by atoms with E-state index in [1.165, 1.54) is 6.20 Å². The molecule has 1 amide bonds. The summed E-state index contributed by atoms with van der Waals surface area (Å²) in [6.45, 7) is 2.22. The molecule has 2 rings (SSSR count). The lowest BCUT2D eigenvalue weighted by Crippen LogP contribution is -2.39. The van der Waals surface area contributed by atoms with Crippen LogP contribution in [0.3, 0.4) is 0 Å². The van der Waals surface area contributed by atoms with Crippen molar-refractivity contribution in [3.63, 3.8) is 0 Å². The topological polar surface area (TPSA) is 68.3 Å². The summed E-state index contributed by atoms with van der Waals surface area (Å²) < 4.78 is 5.03. The van der Waals surface area contributed by atoms with Gasteiger partial charge in [-0.2, -0.15) is 0 Å². The van der Waals surface area contributed by atoms with Crippen LogP contribution in [-0.4, -0.2) is 29.5 Å². The van der Waals surface area contributed by atoms with E-state index in [0.717, 1.165) is 25.7 Å². The maximum Gasteiger partial charge on any atom is 0.308 e. The fourth-order valence-corrected chi connectivity index (χ4v) is 2.76. The van der Waals surface area contributed by atoms with Crippen LogP contribution in [0.25, 0.3) is 0 Å². The summed E-state index contributed by atoms with van der Waals surface area (Å²) in [5.74, 6) is -0.357. The van der Waals surface area contributed by atoms with E-state index in [2.05, 4.69) is 10.3 Å². The van der Waals surface area contributed by atoms with Crippen molar-refractivity contribution >= 4 is 23.5 Å². The van der Waals surface area contributed by atoms with Crippen LogP contribution in [-0.2, 0) is 9.53 Å².